The number of ether oxygens (including phenoxy) is 2. The number of aliphatic hydroxyl groups excluding tert-OH is 1. The highest BCUT2D eigenvalue weighted by atomic mass is 35.5. The molecule has 23 heavy (non-hydrogen) atoms. The Morgan fingerprint density at radius 1 is 1.30 bits per heavy atom. The Morgan fingerprint density at radius 2 is 2.00 bits per heavy atom. The van der Waals surface area contributed by atoms with E-state index < -0.39 is 11.9 Å². The van der Waals surface area contributed by atoms with Crippen LogP contribution in [0, 0.1) is 5.82 Å². The van der Waals surface area contributed by atoms with E-state index in [1.165, 1.54) is 12.3 Å². The smallest absolute Gasteiger partial charge is 0.167 e. The van der Waals surface area contributed by atoms with E-state index in [1.54, 1.807) is 31.3 Å². The fourth-order valence-electron chi connectivity index (χ4n) is 2.88. The lowest BCUT2D eigenvalue weighted by molar-refractivity contribution is 0.169. The minimum atomic E-state index is -0.847. The summed E-state index contributed by atoms with van der Waals surface area (Å²) in [4.78, 5) is 5.70. The van der Waals surface area contributed by atoms with Crippen molar-refractivity contribution < 1.29 is 19.0 Å². The molecule has 0 fully saturated rings. The Morgan fingerprint density at radius 3 is 2.65 bits per heavy atom. The summed E-state index contributed by atoms with van der Waals surface area (Å²) in [5.74, 6) is 0.801. The lowest BCUT2D eigenvalue weighted by Gasteiger charge is -2.34. The molecule has 122 valence electrons. The van der Waals surface area contributed by atoms with Gasteiger partial charge in [0.2, 0.25) is 0 Å². The maximum absolute atomic E-state index is 14.1. The maximum atomic E-state index is 14.1. The topological polar surface area (TPSA) is 54.8 Å². The molecule has 1 aromatic carbocycles. The number of rotatable bonds is 3. The van der Waals surface area contributed by atoms with Crippen LogP contribution in [-0.2, 0) is 6.54 Å². The van der Waals surface area contributed by atoms with Crippen molar-refractivity contribution in [1.29, 1.82) is 0 Å². The van der Waals surface area contributed by atoms with Gasteiger partial charge in [0.25, 0.3) is 0 Å². The van der Waals surface area contributed by atoms with E-state index in [4.69, 9.17) is 21.1 Å². The van der Waals surface area contributed by atoms with Gasteiger partial charge in [-0.15, -0.1) is 0 Å². The molecule has 0 amide bonds. The van der Waals surface area contributed by atoms with Crippen molar-refractivity contribution in [3.63, 3.8) is 0 Å². The van der Waals surface area contributed by atoms with Crippen LogP contribution < -0.4 is 14.4 Å². The summed E-state index contributed by atoms with van der Waals surface area (Å²) in [7, 11) is 3.09. The second kappa shape index (κ2) is 6.22. The molecule has 0 spiro atoms. The molecule has 7 heteroatoms. The highest BCUT2D eigenvalue weighted by molar-refractivity contribution is 6.30. The third kappa shape index (κ3) is 2.80. The Balaban J connectivity index is 2.06. The van der Waals surface area contributed by atoms with Gasteiger partial charge in [-0.05, 0) is 18.2 Å². The van der Waals surface area contributed by atoms with Gasteiger partial charge in [0.15, 0.2) is 11.6 Å². The van der Waals surface area contributed by atoms with Crippen LogP contribution in [0.2, 0.25) is 5.02 Å². The molecule has 0 saturated heterocycles. The first-order valence-corrected chi connectivity index (χ1v) is 7.40. The fourth-order valence-corrected chi connectivity index (χ4v) is 3.02. The van der Waals surface area contributed by atoms with E-state index in [1.807, 2.05) is 0 Å². The van der Waals surface area contributed by atoms with Crippen LogP contribution in [0.4, 0.5) is 10.2 Å². The lowest BCUT2D eigenvalue weighted by Crippen LogP contribution is -2.35. The van der Waals surface area contributed by atoms with E-state index in [2.05, 4.69) is 4.98 Å². The van der Waals surface area contributed by atoms with Crippen LogP contribution in [0.25, 0.3) is 0 Å². The summed E-state index contributed by atoms with van der Waals surface area (Å²) < 4.78 is 24.8. The van der Waals surface area contributed by atoms with Gasteiger partial charge in [-0.2, -0.15) is 0 Å². The Hall–Kier alpha value is -2.05. The molecule has 1 atom stereocenters. The summed E-state index contributed by atoms with van der Waals surface area (Å²) in [6, 6.07) is 4.71. The lowest BCUT2D eigenvalue weighted by atomic mass is 9.95. The Bertz CT molecular complexity index is 742. The van der Waals surface area contributed by atoms with Gasteiger partial charge in [-0.1, -0.05) is 11.6 Å². The Labute approximate surface area is 138 Å². The number of hydrogen-bond acceptors (Lipinski definition) is 5. The van der Waals surface area contributed by atoms with Crippen molar-refractivity contribution in [1.82, 2.24) is 4.98 Å². The average molecular weight is 339 g/mol. The molecule has 0 unspecified atom stereocenters. The minimum absolute atomic E-state index is 0.143. The standard InChI is InChI=1S/C16H16ClFN2O3/c1-22-13-3-4-14(23-2)15-10(13)7-20(8-12(15)21)16-11(18)5-9(17)6-19-16/h3-6,12,21H,7-8H2,1-2H3/t12-/m1/s1. The summed E-state index contributed by atoms with van der Waals surface area (Å²) in [6.07, 6.45) is 0.533. The summed E-state index contributed by atoms with van der Waals surface area (Å²) in [6.45, 7) is 0.542. The van der Waals surface area contributed by atoms with E-state index >= 15 is 0 Å². The van der Waals surface area contributed by atoms with Crippen molar-refractivity contribution in [3.8, 4) is 11.5 Å². The number of hydrogen-bond donors (Lipinski definition) is 1. The monoisotopic (exact) mass is 338 g/mol. The first-order chi connectivity index (χ1) is 11.0. The van der Waals surface area contributed by atoms with Gasteiger partial charge in [0, 0.05) is 23.9 Å². The average Bonchev–Trinajstić information content (AvgIpc) is 2.53. The van der Waals surface area contributed by atoms with Crippen molar-refractivity contribution >= 4 is 17.4 Å². The van der Waals surface area contributed by atoms with Gasteiger partial charge in [-0.25, -0.2) is 9.37 Å². The predicted octanol–water partition coefficient (Wildman–Crippen LogP) is 2.94. The molecule has 1 aliphatic rings. The number of pyridine rings is 1. The van der Waals surface area contributed by atoms with E-state index in [-0.39, 0.29) is 17.4 Å². The molecule has 0 aliphatic carbocycles. The van der Waals surface area contributed by atoms with Crippen molar-refractivity contribution in [2.75, 3.05) is 25.7 Å². The molecule has 2 heterocycles. The van der Waals surface area contributed by atoms with E-state index in [0.717, 1.165) is 5.56 Å². The molecule has 1 aromatic heterocycles. The SMILES string of the molecule is COc1ccc(OC)c2c1CN(c1ncc(Cl)cc1F)C[C@H]2O. The quantitative estimate of drug-likeness (QED) is 0.932. The minimum Gasteiger partial charge on any atom is -0.496 e. The third-order valence-corrected chi connectivity index (χ3v) is 4.08. The number of benzene rings is 1. The maximum Gasteiger partial charge on any atom is 0.167 e. The zero-order valence-corrected chi connectivity index (χ0v) is 13.5. The first-order valence-electron chi connectivity index (χ1n) is 7.03. The van der Waals surface area contributed by atoms with Crippen LogP contribution in [0.1, 0.15) is 17.2 Å². The number of nitrogens with zero attached hydrogens (tertiary/aromatic N) is 2. The third-order valence-electron chi connectivity index (χ3n) is 3.88. The zero-order valence-electron chi connectivity index (χ0n) is 12.7. The largest absolute Gasteiger partial charge is 0.496 e. The van der Waals surface area contributed by atoms with Crippen LogP contribution in [0.3, 0.4) is 0 Å². The highest BCUT2D eigenvalue weighted by Gasteiger charge is 2.31. The van der Waals surface area contributed by atoms with Crippen molar-refractivity contribution in [2.45, 2.75) is 12.6 Å². The molecule has 0 saturated carbocycles. The second-order valence-electron chi connectivity index (χ2n) is 5.22. The second-order valence-corrected chi connectivity index (χ2v) is 5.65. The Kier molecular flexibility index (Phi) is 4.28. The van der Waals surface area contributed by atoms with Crippen molar-refractivity contribution in [3.05, 3.63) is 46.4 Å². The summed E-state index contributed by atoms with van der Waals surface area (Å²) in [5, 5.41) is 10.7. The first kappa shape index (κ1) is 15.8. The predicted molar refractivity (Wildman–Crippen MR) is 84.8 cm³/mol. The normalized spacial score (nSPS) is 16.9. The van der Waals surface area contributed by atoms with E-state index in [9.17, 15) is 9.50 Å². The zero-order chi connectivity index (χ0) is 16.6. The van der Waals surface area contributed by atoms with Crippen LogP contribution in [0.5, 0.6) is 11.5 Å². The number of aromatic nitrogens is 1. The number of anilines is 1. The van der Waals surface area contributed by atoms with Crippen LogP contribution in [-0.4, -0.2) is 30.9 Å². The summed E-state index contributed by atoms with van der Waals surface area (Å²) >= 11 is 5.75. The molecular formula is C16H16ClFN2O3. The molecule has 2 aromatic rings. The molecule has 5 nitrogen and oxygen atoms in total. The van der Waals surface area contributed by atoms with Gasteiger partial charge in [0.05, 0.1) is 25.8 Å². The molecule has 1 N–H and O–H groups in total. The number of β-amino-alcohol motifs (C(OH)–C–C–N with tert-alkyl or cyclic N) is 1. The van der Waals surface area contributed by atoms with Gasteiger partial charge >= 0.3 is 0 Å². The molecule has 0 bridgehead atoms. The van der Waals surface area contributed by atoms with E-state index in [0.29, 0.717) is 23.6 Å². The number of fused-ring (bicyclic) bond motifs is 1. The molecule has 0 radical (unpaired) electrons. The van der Waals surface area contributed by atoms with Crippen LogP contribution >= 0.6 is 11.6 Å². The summed E-state index contributed by atoms with van der Waals surface area (Å²) in [5.41, 5.74) is 1.42. The van der Waals surface area contributed by atoms with Gasteiger partial charge in [0.1, 0.15) is 17.6 Å². The fraction of sp³-hybridized carbons (Fsp3) is 0.312. The van der Waals surface area contributed by atoms with Crippen LogP contribution in [0.15, 0.2) is 24.4 Å². The molecule has 3 rings (SSSR count). The number of aliphatic hydroxyl groups is 1. The van der Waals surface area contributed by atoms with Gasteiger partial charge < -0.3 is 19.5 Å². The molecular weight excluding hydrogens is 323 g/mol. The number of methoxy groups -OCH3 is 2. The highest BCUT2D eigenvalue weighted by Crippen LogP contribution is 2.40. The number of halogens is 2. The molecule has 1 aliphatic heterocycles. The van der Waals surface area contributed by atoms with Gasteiger partial charge in [-0.3, -0.25) is 0 Å². The van der Waals surface area contributed by atoms with Crippen molar-refractivity contribution in [2.24, 2.45) is 0 Å².